The minimum Gasteiger partial charge on any atom is -0.481 e. The summed E-state index contributed by atoms with van der Waals surface area (Å²) in [5, 5.41) is 12.0. The number of carboxylic acid groups (broad SMARTS) is 1. The molecule has 106 valence electrons. The Hall–Kier alpha value is -0.610. The molecule has 18 heavy (non-hydrogen) atoms. The Morgan fingerprint density at radius 2 is 2.28 bits per heavy atom. The van der Waals surface area contributed by atoms with E-state index in [0.717, 1.165) is 32.5 Å². The van der Waals surface area contributed by atoms with E-state index < -0.39 is 5.97 Å². The Kier molecular flexibility index (Phi) is 8.01. The van der Waals surface area contributed by atoms with Gasteiger partial charge < -0.3 is 15.2 Å². The smallest absolute Gasteiger partial charge is 0.303 e. The number of hydrogen-bond acceptors (Lipinski definition) is 3. The predicted octanol–water partition coefficient (Wildman–Crippen LogP) is 2.43. The molecule has 0 aromatic rings. The fourth-order valence-corrected chi connectivity index (χ4v) is 2.31. The second-order valence-electron chi connectivity index (χ2n) is 5.35. The number of nitrogens with one attached hydrogen (secondary N) is 1. The van der Waals surface area contributed by atoms with Crippen molar-refractivity contribution in [1.29, 1.82) is 0 Å². The molecule has 1 aliphatic rings. The lowest BCUT2D eigenvalue weighted by Crippen LogP contribution is -2.20. The largest absolute Gasteiger partial charge is 0.481 e. The first kappa shape index (κ1) is 15.4. The Morgan fingerprint density at radius 3 is 2.94 bits per heavy atom. The quantitative estimate of drug-likeness (QED) is 0.590. The van der Waals surface area contributed by atoms with Gasteiger partial charge in [-0.3, -0.25) is 4.79 Å². The lowest BCUT2D eigenvalue weighted by molar-refractivity contribution is -0.137. The third-order valence-corrected chi connectivity index (χ3v) is 3.57. The summed E-state index contributed by atoms with van der Waals surface area (Å²) in [6.07, 6.45) is 7.43. The summed E-state index contributed by atoms with van der Waals surface area (Å²) in [7, 11) is 0. The van der Waals surface area contributed by atoms with E-state index in [9.17, 15) is 4.79 Å². The molecule has 0 aromatic heterocycles. The predicted molar refractivity (Wildman–Crippen MR) is 71.7 cm³/mol. The van der Waals surface area contributed by atoms with Crippen molar-refractivity contribution >= 4 is 5.97 Å². The minimum atomic E-state index is -0.689. The molecule has 0 spiro atoms. The van der Waals surface area contributed by atoms with Gasteiger partial charge in [-0.2, -0.15) is 0 Å². The lowest BCUT2D eigenvalue weighted by Gasteiger charge is -2.12. The van der Waals surface area contributed by atoms with Gasteiger partial charge in [0.25, 0.3) is 0 Å². The average Bonchev–Trinajstić information content (AvgIpc) is 2.84. The fraction of sp³-hybridized carbons (Fsp3) is 0.929. The maximum absolute atomic E-state index is 10.4. The molecule has 2 N–H and O–H groups in total. The van der Waals surface area contributed by atoms with Crippen molar-refractivity contribution in [3.63, 3.8) is 0 Å². The van der Waals surface area contributed by atoms with Crippen molar-refractivity contribution in [2.24, 2.45) is 5.92 Å². The first-order valence-corrected chi connectivity index (χ1v) is 7.22. The second-order valence-corrected chi connectivity index (χ2v) is 5.35. The van der Waals surface area contributed by atoms with Gasteiger partial charge in [0.1, 0.15) is 0 Å². The number of ether oxygens (including phenoxy) is 1. The first-order chi connectivity index (χ1) is 8.68. The summed E-state index contributed by atoms with van der Waals surface area (Å²) in [5.41, 5.74) is 0. The van der Waals surface area contributed by atoms with Crippen LogP contribution in [0, 0.1) is 5.92 Å². The Morgan fingerprint density at radius 1 is 1.44 bits per heavy atom. The van der Waals surface area contributed by atoms with Crippen LogP contribution in [0.4, 0.5) is 0 Å². The van der Waals surface area contributed by atoms with Crippen molar-refractivity contribution in [1.82, 2.24) is 5.32 Å². The molecule has 1 rings (SSSR count). The molecular formula is C14H27NO3. The zero-order valence-electron chi connectivity index (χ0n) is 11.5. The van der Waals surface area contributed by atoms with Gasteiger partial charge in [-0.15, -0.1) is 0 Å². The van der Waals surface area contributed by atoms with E-state index in [-0.39, 0.29) is 0 Å². The number of aliphatic carboxylic acids is 1. The molecule has 4 nitrogen and oxygen atoms in total. The van der Waals surface area contributed by atoms with Gasteiger partial charge in [0.05, 0.1) is 6.10 Å². The average molecular weight is 257 g/mol. The van der Waals surface area contributed by atoms with Gasteiger partial charge in [0, 0.05) is 13.0 Å². The lowest BCUT2D eigenvalue weighted by atomic mass is 10.0. The Balaban J connectivity index is 1.84. The molecule has 1 aliphatic heterocycles. The summed E-state index contributed by atoms with van der Waals surface area (Å²) in [5.74, 6) is -0.196. The summed E-state index contributed by atoms with van der Waals surface area (Å²) < 4.78 is 5.57. The molecule has 0 amide bonds. The highest BCUT2D eigenvalue weighted by atomic mass is 16.5. The molecule has 0 saturated carbocycles. The highest BCUT2D eigenvalue weighted by Crippen LogP contribution is 2.16. The monoisotopic (exact) mass is 257 g/mol. The van der Waals surface area contributed by atoms with Crippen LogP contribution < -0.4 is 5.32 Å². The zero-order chi connectivity index (χ0) is 13.2. The van der Waals surface area contributed by atoms with Crippen LogP contribution in [-0.4, -0.2) is 36.9 Å². The van der Waals surface area contributed by atoms with Crippen molar-refractivity contribution < 1.29 is 14.6 Å². The molecular weight excluding hydrogens is 230 g/mol. The van der Waals surface area contributed by atoms with Gasteiger partial charge in [-0.05, 0) is 57.5 Å². The van der Waals surface area contributed by atoms with Crippen LogP contribution in [0.2, 0.25) is 0 Å². The molecule has 0 bridgehead atoms. The SMILES string of the molecule is CC(CCNCCCC1CCCO1)CCC(=O)O. The van der Waals surface area contributed by atoms with Crippen LogP contribution in [0.5, 0.6) is 0 Å². The molecule has 2 atom stereocenters. The fourth-order valence-electron chi connectivity index (χ4n) is 2.31. The highest BCUT2D eigenvalue weighted by Gasteiger charge is 2.14. The van der Waals surface area contributed by atoms with Crippen molar-refractivity contribution in [2.75, 3.05) is 19.7 Å². The summed E-state index contributed by atoms with van der Waals surface area (Å²) >= 11 is 0. The first-order valence-electron chi connectivity index (χ1n) is 7.22. The Labute approximate surface area is 110 Å². The van der Waals surface area contributed by atoms with Gasteiger partial charge in [0.15, 0.2) is 0 Å². The normalized spacial score (nSPS) is 21.1. The van der Waals surface area contributed by atoms with Gasteiger partial charge in [-0.1, -0.05) is 6.92 Å². The summed E-state index contributed by atoms with van der Waals surface area (Å²) in [4.78, 5) is 10.4. The molecule has 0 radical (unpaired) electrons. The van der Waals surface area contributed by atoms with Crippen LogP contribution in [0.15, 0.2) is 0 Å². The highest BCUT2D eigenvalue weighted by molar-refractivity contribution is 5.66. The van der Waals surface area contributed by atoms with Gasteiger partial charge in [0.2, 0.25) is 0 Å². The molecule has 1 heterocycles. The minimum absolute atomic E-state index is 0.292. The van der Waals surface area contributed by atoms with Crippen LogP contribution in [0.3, 0.4) is 0 Å². The maximum atomic E-state index is 10.4. The Bertz CT molecular complexity index is 227. The third kappa shape index (κ3) is 7.67. The van der Waals surface area contributed by atoms with Gasteiger partial charge in [-0.25, -0.2) is 0 Å². The number of hydrogen-bond donors (Lipinski definition) is 2. The van der Waals surface area contributed by atoms with Crippen LogP contribution >= 0.6 is 0 Å². The van der Waals surface area contributed by atoms with E-state index >= 15 is 0 Å². The van der Waals surface area contributed by atoms with Crippen molar-refractivity contribution in [3.8, 4) is 0 Å². The maximum Gasteiger partial charge on any atom is 0.303 e. The number of rotatable bonds is 10. The zero-order valence-corrected chi connectivity index (χ0v) is 11.5. The van der Waals surface area contributed by atoms with E-state index in [1.54, 1.807) is 0 Å². The topological polar surface area (TPSA) is 58.6 Å². The van der Waals surface area contributed by atoms with Crippen molar-refractivity contribution in [2.45, 2.75) is 58.0 Å². The standard InChI is InChI=1S/C14H27NO3/c1-12(6-7-14(16)17)8-10-15-9-2-4-13-5-3-11-18-13/h12-13,15H,2-11H2,1H3,(H,16,17). The molecule has 4 heteroatoms. The number of carboxylic acids is 1. The van der Waals surface area contributed by atoms with E-state index in [1.807, 2.05) is 0 Å². The van der Waals surface area contributed by atoms with Crippen LogP contribution in [0.25, 0.3) is 0 Å². The summed E-state index contributed by atoms with van der Waals surface area (Å²) in [6, 6.07) is 0. The van der Waals surface area contributed by atoms with Crippen LogP contribution in [-0.2, 0) is 9.53 Å². The van der Waals surface area contributed by atoms with E-state index in [1.165, 1.54) is 25.7 Å². The van der Waals surface area contributed by atoms with Crippen molar-refractivity contribution in [3.05, 3.63) is 0 Å². The van der Waals surface area contributed by atoms with E-state index in [0.29, 0.717) is 18.4 Å². The molecule has 0 aromatic carbocycles. The molecule has 2 unspecified atom stereocenters. The number of carbonyl (C=O) groups is 1. The molecule has 0 aliphatic carbocycles. The van der Waals surface area contributed by atoms with E-state index in [2.05, 4.69) is 12.2 Å². The van der Waals surface area contributed by atoms with E-state index in [4.69, 9.17) is 9.84 Å². The molecule has 1 saturated heterocycles. The molecule has 1 fully saturated rings. The summed E-state index contributed by atoms with van der Waals surface area (Å²) in [6.45, 7) is 5.11. The second kappa shape index (κ2) is 9.34. The van der Waals surface area contributed by atoms with Gasteiger partial charge >= 0.3 is 5.97 Å². The third-order valence-electron chi connectivity index (χ3n) is 3.57. The van der Waals surface area contributed by atoms with Crippen LogP contribution in [0.1, 0.15) is 51.9 Å².